The number of fused-ring (bicyclic) bond motifs is 1. The Morgan fingerprint density at radius 3 is 2.40 bits per heavy atom. The quantitative estimate of drug-likeness (QED) is 0.516. The number of hydrogen-bond acceptors (Lipinski definition) is 6. The number of amides is 1. The summed E-state index contributed by atoms with van der Waals surface area (Å²) in [6, 6.07) is 9.76. The van der Waals surface area contributed by atoms with Gasteiger partial charge < -0.3 is 15.2 Å². The molecule has 2 aromatic carbocycles. The zero-order valence-electron chi connectivity index (χ0n) is 16.5. The fourth-order valence-electron chi connectivity index (χ4n) is 3.08. The third-order valence-electron chi connectivity index (χ3n) is 4.58. The Labute approximate surface area is 170 Å². The van der Waals surface area contributed by atoms with Crippen LogP contribution in [0.15, 0.2) is 46.0 Å². The molecule has 0 radical (unpaired) electrons. The fraction of sp³-hybridized carbons (Fsp3) is 0.238. The average molecular weight is 411 g/mol. The SMILES string of the molecule is Cc1cc(CNC(=O)COC(=O)Cn2[nH]c(=O)c3ccccc3c2=O)cc(C)c1O. The van der Waals surface area contributed by atoms with E-state index in [1.807, 2.05) is 0 Å². The monoisotopic (exact) mass is 411 g/mol. The van der Waals surface area contributed by atoms with Gasteiger partial charge in [0.25, 0.3) is 17.0 Å². The number of aromatic nitrogens is 2. The van der Waals surface area contributed by atoms with E-state index in [1.54, 1.807) is 38.1 Å². The minimum atomic E-state index is -0.838. The Morgan fingerprint density at radius 1 is 1.10 bits per heavy atom. The Hall–Kier alpha value is -3.88. The zero-order chi connectivity index (χ0) is 21.8. The van der Waals surface area contributed by atoms with Crippen molar-refractivity contribution in [3.63, 3.8) is 0 Å². The van der Waals surface area contributed by atoms with Gasteiger partial charge in [-0.15, -0.1) is 0 Å². The normalized spacial score (nSPS) is 10.7. The summed E-state index contributed by atoms with van der Waals surface area (Å²) < 4.78 is 5.75. The number of carbonyl (C=O) groups is 2. The fourth-order valence-corrected chi connectivity index (χ4v) is 3.08. The number of H-pyrrole nitrogens is 1. The van der Waals surface area contributed by atoms with E-state index >= 15 is 0 Å². The van der Waals surface area contributed by atoms with Gasteiger partial charge in [0.2, 0.25) is 0 Å². The number of nitrogens with zero attached hydrogens (tertiary/aromatic N) is 1. The van der Waals surface area contributed by atoms with E-state index in [1.165, 1.54) is 12.1 Å². The van der Waals surface area contributed by atoms with Crippen LogP contribution in [-0.2, 0) is 27.4 Å². The number of aromatic amines is 1. The lowest BCUT2D eigenvalue weighted by molar-refractivity contribution is -0.149. The van der Waals surface area contributed by atoms with Crippen LogP contribution in [0, 0.1) is 13.8 Å². The molecule has 156 valence electrons. The Morgan fingerprint density at radius 2 is 1.73 bits per heavy atom. The van der Waals surface area contributed by atoms with Gasteiger partial charge in [-0.3, -0.25) is 24.3 Å². The van der Waals surface area contributed by atoms with Gasteiger partial charge >= 0.3 is 5.97 Å². The van der Waals surface area contributed by atoms with Crippen LogP contribution >= 0.6 is 0 Å². The smallest absolute Gasteiger partial charge is 0.328 e. The molecule has 0 aliphatic heterocycles. The first kappa shape index (κ1) is 20.8. The summed E-state index contributed by atoms with van der Waals surface area (Å²) in [5, 5.41) is 15.1. The zero-order valence-corrected chi connectivity index (χ0v) is 16.5. The van der Waals surface area contributed by atoms with Gasteiger partial charge in [0.1, 0.15) is 12.3 Å². The Kier molecular flexibility index (Phi) is 6.01. The molecule has 1 heterocycles. The predicted molar refractivity (Wildman–Crippen MR) is 109 cm³/mol. The van der Waals surface area contributed by atoms with Crippen LogP contribution in [0.3, 0.4) is 0 Å². The van der Waals surface area contributed by atoms with E-state index in [0.29, 0.717) is 11.1 Å². The maximum absolute atomic E-state index is 12.4. The molecular formula is C21H21N3O6. The van der Waals surface area contributed by atoms with Crippen LogP contribution in [0.4, 0.5) is 0 Å². The number of esters is 1. The number of nitrogens with one attached hydrogen (secondary N) is 2. The van der Waals surface area contributed by atoms with Crippen LogP contribution in [0.5, 0.6) is 5.75 Å². The average Bonchev–Trinajstić information content (AvgIpc) is 2.72. The van der Waals surface area contributed by atoms with E-state index in [-0.39, 0.29) is 23.1 Å². The van der Waals surface area contributed by atoms with Crippen molar-refractivity contribution in [3.05, 3.63) is 73.8 Å². The molecule has 0 spiro atoms. The molecule has 1 amide bonds. The topological polar surface area (TPSA) is 130 Å². The summed E-state index contributed by atoms with van der Waals surface area (Å²) in [7, 11) is 0. The van der Waals surface area contributed by atoms with E-state index < -0.39 is 36.1 Å². The molecule has 0 aliphatic carbocycles. The van der Waals surface area contributed by atoms with Gasteiger partial charge in [-0.2, -0.15) is 0 Å². The van der Waals surface area contributed by atoms with Crippen molar-refractivity contribution in [1.29, 1.82) is 0 Å². The summed E-state index contributed by atoms with van der Waals surface area (Å²) in [5.41, 5.74) is 1.14. The first-order valence-corrected chi connectivity index (χ1v) is 9.19. The Balaban J connectivity index is 1.57. The molecule has 3 rings (SSSR count). The van der Waals surface area contributed by atoms with Crippen LogP contribution in [-0.4, -0.2) is 33.4 Å². The van der Waals surface area contributed by atoms with E-state index in [0.717, 1.165) is 10.2 Å². The maximum Gasteiger partial charge on any atom is 0.328 e. The molecule has 0 aliphatic rings. The highest BCUT2D eigenvalue weighted by Gasteiger charge is 2.13. The van der Waals surface area contributed by atoms with Crippen LogP contribution in [0.25, 0.3) is 10.8 Å². The lowest BCUT2D eigenvalue weighted by atomic mass is 10.1. The van der Waals surface area contributed by atoms with Crippen molar-refractivity contribution in [3.8, 4) is 5.75 Å². The van der Waals surface area contributed by atoms with Crippen molar-refractivity contribution >= 4 is 22.6 Å². The van der Waals surface area contributed by atoms with Gasteiger partial charge in [-0.1, -0.05) is 24.3 Å². The summed E-state index contributed by atoms with van der Waals surface area (Å²) in [4.78, 5) is 48.4. The van der Waals surface area contributed by atoms with Crippen LogP contribution in [0.2, 0.25) is 0 Å². The largest absolute Gasteiger partial charge is 0.507 e. The highest BCUT2D eigenvalue weighted by atomic mass is 16.5. The number of phenolic OH excluding ortho intramolecular Hbond substituents is 1. The molecule has 0 saturated carbocycles. The summed E-state index contributed by atoms with van der Waals surface area (Å²) in [6.07, 6.45) is 0. The van der Waals surface area contributed by atoms with Gasteiger partial charge in [-0.05, 0) is 42.7 Å². The van der Waals surface area contributed by atoms with Crippen molar-refractivity contribution in [2.75, 3.05) is 6.61 Å². The van der Waals surface area contributed by atoms with Gasteiger partial charge in [0, 0.05) is 6.54 Å². The summed E-state index contributed by atoms with van der Waals surface area (Å²) in [5.74, 6) is -1.15. The third-order valence-corrected chi connectivity index (χ3v) is 4.58. The Bertz CT molecular complexity index is 1220. The van der Waals surface area contributed by atoms with Crippen molar-refractivity contribution < 1.29 is 19.4 Å². The minimum absolute atomic E-state index is 0.186. The molecule has 0 saturated heterocycles. The molecule has 3 aromatic rings. The van der Waals surface area contributed by atoms with Crippen molar-refractivity contribution in [1.82, 2.24) is 15.1 Å². The summed E-state index contributed by atoms with van der Waals surface area (Å²) >= 11 is 0. The lowest BCUT2D eigenvalue weighted by Crippen LogP contribution is -2.34. The molecule has 0 bridgehead atoms. The second-order valence-corrected chi connectivity index (χ2v) is 6.89. The van der Waals surface area contributed by atoms with E-state index in [2.05, 4.69) is 10.4 Å². The molecule has 0 unspecified atom stereocenters. The molecule has 0 atom stereocenters. The van der Waals surface area contributed by atoms with Crippen LogP contribution in [0.1, 0.15) is 16.7 Å². The predicted octanol–water partition coefficient (Wildman–Crippen LogP) is 0.872. The molecule has 1 aromatic heterocycles. The summed E-state index contributed by atoms with van der Waals surface area (Å²) in [6.45, 7) is 2.67. The minimum Gasteiger partial charge on any atom is -0.507 e. The number of aryl methyl sites for hydroxylation is 2. The molecular weight excluding hydrogens is 390 g/mol. The number of ether oxygens (including phenoxy) is 1. The number of phenols is 1. The molecule has 0 fully saturated rings. The molecule has 9 nitrogen and oxygen atoms in total. The number of rotatable bonds is 6. The second kappa shape index (κ2) is 8.64. The first-order valence-electron chi connectivity index (χ1n) is 9.19. The van der Waals surface area contributed by atoms with Crippen LogP contribution < -0.4 is 16.4 Å². The van der Waals surface area contributed by atoms with Crippen molar-refractivity contribution in [2.45, 2.75) is 26.9 Å². The molecule has 9 heteroatoms. The molecule has 3 N–H and O–H groups in total. The second-order valence-electron chi connectivity index (χ2n) is 6.89. The van der Waals surface area contributed by atoms with E-state index in [4.69, 9.17) is 4.74 Å². The van der Waals surface area contributed by atoms with Gasteiger partial charge in [-0.25, -0.2) is 4.68 Å². The third kappa shape index (κ3) is 4.57. The first-order chi connectivity index (χ1) is 14.3. The van der Waals surface area contributed by atoms with E-state index in [9.17, 15) is 24.3 Å². The number of hydrogen-bond donors (Lipinski definition) is 3. The standard InChI is InChI=1S/C21H21N3O6/c1-12-7-14(8-13(2)19(12)27)9-22-17(25)11-30-18(26)10-24-21(29)16-6-4-3-5-15(16)20(28)23-24/h3-8,27H,9-11H2,1-2H3,(H,22,25)(H,23,28). The maximum atomic E-state index is 12.4. The number of carbonyl (C=O) groups excluding carboxylic acids is 2. The lowest BCUT2D eigenvalue weighted by Gasteiger charge is -2.10. The highest BCUT2D eigenvalue weighted by molar-refractivity contribution is 5.81. The highest BCUT2D eigenvalue weighted by Crippen LogP contribution is 2.22. The van der Waals surface area contributed by atoms with Gasteiger partial charge in [0.05, 0.1) is 10.8 Å². The number of aromatic hydroxyl groups is 1. The molecule has 30 heavy (non-hydrogen) atoms. The van der Waals surface area contributed by atoms with Crippen molar-refractivity contribution in [2.24, 2.45) is 0 Å². The number of benzene rings is 2. The van der Waals surface area contributed by atoms with Gasteiger partial charge in [0.15, 0.2) is 6.61 Å².